The van der Waals surface area contributed by atoms with Crippen LogP contribution in [-0.2, 0) is 0 Å². The molecular weight excluding hydrogens is 242 g/mol. The van der Waals surface area contributed by atoms with Crippen LogP contribution in [0.4, 0.5) is 5.13 Å². The molecule has 0 spiro atoms. The fourth-order valence-corrected chi connectivity index (χ4v) is 2.58. The van der Waals surface area contributed by atoms with Gasteiger partial charge in [0.25, 0.3) is 0 Å². The number of nitrogens with one attached hydrogen (secondary N) is 1. The molecule has 1 rings (SSSR count). The van der Waals surface area contributed by atoms with Crippen molar-refractivity contribution in [2.45, 2.75) is 46.6 Å². The molecule has 0 fully saturated rings. The lowest BCUT2D eigenvalue weighted by molar-refractivity contribution is 0.559. The highest BCUT2D eigenvalue weighted by atomic mass is 32.1. The van der Waals surface area contributed by atoms with Crippen LogP contribution in [0.15, 0.2) is 5.38 Å². The van der Waals surface area contributed by atoms with Gasteiger partial charge in [-0.2, -0.15) is 0 Å². The number of anilines is 1. The monoisotopic (exact) mass is 269 g/mol. The lowest BCUT2D eigenvalue weighted by Crippen LogP contribution is -2.21. The van der Waals surface area contributed by atoms with Gasteiger partial charge in [-0.3, -0.25) is 0 Å². The maximum absolute atomic E-state index is 4.72. The molecule has 0 saturated carbocycles. The van der Waals surface area contributed by atoms with Gasteiger partial charge in [0, 0.05) is 25.0 Å². The molecule has 1 atom stereocenters. The van der Waals surface area contributed by atoms with Gasteiger partial charge >= 0.3 is 0 Å². The predicted molar refractivity (Wildman–Crippen MR) is 81.5 cm³/mol. The van der Waals surface area contributed by atoms with Crippen LogP contribution in [0.3, 0.4) is 0 Å². The van der Waals surface area contributed by atoms with Crippen molar-refractivity contribution < 1.29 is 0 Å². The molecule has 1 N–H and O–H groups in total. The fraction of sp³-hybridized carbons (Fsp3) is 0.786. The molecule has 0 aromatic carbocycles. The first kappa shape index (κ1) is 15.4. The molecule has 0 aliphatic rings. The van der Waals surface area contributed by atoms with E-state index in [2.05, 4.69) is 50.3 Å². The molecule has 1 unspecified atom stereocenters. The lowest BCUT2D eigenvalue weighted by atomic mass is 10.1. The quantitative estimate of drug-likeness (QED) is 0.780. The van der Waals surface area contributed by atoms with Crippen molar-refractivity contribution in [2.24, 2.45) is 5.92 Å². The summed E-state index contributed by atoms with van der Waals surface area (Å²) in [7, 11) is 2.13. The van der Waals surface area contributed by atoms with Crippen LogP contribution in [0.1, 0.15) is 52.3 Å². The van der Waals surface area contributed by atoms with Crippen molar-refractivity contribution in [3.05, 3.63) is 11.1 Å². The first-order valence-electron chi connectivity index (χ1n) is 6.94. The predicted octanol–water partition coefficient (Wildman–Crippen LogP) is 3.69. The van der Waals surface area contributed by atoms with E-state index in [4.69, 9.17) is 4.98 Å². The van der Waals surface area contributed by atoms with E-state index in [0.29, 0.717) is 6.04 Å². The minimum atomic E-state index is 0.355. The molecule has 18 heavy (non-hydrogen) atoms. The Morgan fingerprint density at radius 3 is 2.72 bits per heavy atom. The molecule has 1 heterocycles. The van der Waals surface area contributed by atoms with E-state index in [1.54, 1.807) is 11.3 Å². The largest absolute Gasteiger partial charge is 0.351 e. The third kappa shape index (κ3) is 4.94. The van der Waals surface area contributed by atoms with Gasteiger partial charge in [-0.25, -0.2) is 4.98 Å². The summed E-state index contributed by atoms with van der Waals surface area (Å²) in [6, 6.07) is 0.355. The summed E-state index contributed by atoms with van der Waals surface area (Å²) in [6.45, 7) is 11.0. The van der Waals surface area contributed by atoms with E-state index in [9.17, 15) is 0 Å². The van der Waals surface area contributed by atoms with Crippen LogP contribution in [0, 0.1) is 5.92 Å². The summed E-state index contributed by atoms with van der Waals surface area (Å²) in [5.41, 5.74) is 1.17. The highest BCUT2D eigenvalue weighted by molar-refractivity contribution is 7.13. The summed E-state index contributed by atoms with van der Waals surface area (Å²) in [5, 5.41) is 6.79. The molecule has 3 nitrogen and oxygen atoms in total. The maximum atomic E-state index is 4.72. The number of hydrogen-bond acceptors (Lipinski definition) is 4. The third-order valence-corrected chi connectivity index (χ3v) is 4.00. The van der Waals surface area contributed by atoms with E-state index in [1.807, 2.05) is 0 Å². The Balaban J connectivity index is 2.51. The first-order chi connectivity index (χ1) is 8.54. The van der Waals surface area contributed by atoms with E-state index in [1.165, 1.54) is 12.1 Å². The Kier molecular flexibility index (Phi) is 6.65. The Hall–Kier alpha value is -0.610. The zero-order chi connectivity index (χ0) is 13.5. The van der Waals surface area contributed by atoms with Gasteiger partial charge in [0.2, 0.25) is 0 Å². The van der Waals surface area contributed by atoms with E-state index < -0.39 is 0 Å². The van der Waals surface area contributed by atoms with Crippen molar-refractivity contribution in [1.29, 1.82) is 0 Å². The van der Waals surface area contributed by atoms with Gasteiger partial charge in [-0.05, 0) is 32.2 Å². The maximum Gasteiger partial charge on any atom is 0.185 e. The molecule has 1 aromatic heterocycles. The van der Waals surface area contributed by atoms with Crippen LogP contribution < -0.4 is 10.2 Å². The first-order valence-corrected chi connectivity index (χ1v) is 7.82. The molecule has 104 valence electrons. The summed E-state index contributed by atoms with van der Waals surface area (Å²) >= 11 is 1.75. The second-order valence-electron chi connectivity index (χ2n) is 5.33. The topological polar surface area (TPSA) is 28.2 Å². The third-order valence-electron chi connectivity index (χ3n) is 3.02. The molecule has 0 saturated heterocycles. The van der Waals surface area contributed by atoms with Gasteiger partial charge in [0.05, 0.1) is 5.69 Å². The van der Waals surface area contributed by atoms with Crippen LogP contribution in [0.5, 0.6) is 0 Å². The summed E-state index contributed by atoms with van der Waals surface area (Å²) in [5.74, 6) is 0.747. The van der Waals surface area contributed by atoms with Crippen molar-refractivity contribution in [2.75, 3.05) is 25.0 Å². The SMILES string of the molecule is CCCNC(C)c1csc(N(C)CCC(C)C)n1. The van der Waals surface area contributed by atoms with Crippen LogP contribution >= 0.6 is 11.3 Å². The minimum absolute atomic E-state index is 0.355. The number of nitrogens with zero attached hydrogens (tertiary/aromatic N) is 2. The van der Waals surface area contributed by atoms with Crippen LogP contribution in [0.2, 0.25) is 0 Å². The average Bonchev–Trinajstić information content (AvgIpc) is 2.82. The van der Waals surface area contributed by atoms with E-state index in [-0.39, 0.29) is 0 Å². The van der Waals surface area contributed by atoms with E-state index >= 15 is 0 Å². The number of aromatic nitrogens is 1. The normalized spacial score (nSPS) is 13.0. The smallest absolute Gasteiger partial charge is 0.185 e. The van der Waals surface area contributed by atoms with Crippen molar-refractivity contribution >= 4 is 16.5 Å². The Morgan fingerprint density at radius 1 is 1.39 bits per heavy atom. The van der Waals surface area contributed by atoms with Gasteiger partial charge in [-0.1, -0.05) is 20.8 Å². The average molecular weight is 269 g/mol. The van der Waals surface area contributed by atoms with Gasteiger partial charge in [0.1, 0.15) is 0 Å². The zero-order valence-corrected chi connectivity index (χ0v) is 13.2. The Labute approximate surface area is 116 Å². The highest BCUT2D eigenvalue weighted by Crippen LogP contribution is 2.23. The summed E-state index contributed by atoms with van der Waals surface area (Å²) in [4.78, 5) is 6.99. The van der Waals surface area contributed by atoms with Gasteiger partial charge in [-0.15, -0.1) is 11.3 Å². The minimum Gasteiger partial charge on any atom is -0.351 e. The number of hydrogen-bond donors (Lipinski definition) is 1. The molecular formula is C14H27N3S. The van der Waals surface area contributed by atoms with Crippen molar-refractivity contribution in [1.82, 2.24) is 10.3 Å². The van der Waals surface area contributed by atoms with Gasteiger partial charge < -0.3 is 10.2 Å². The molecule has 0 radical (unpaired) electrons. The van der Waals surface area contributed by atoms with Crippen molar-refractivity contribution in [3.8, 4) is 0 Å². The van der Waals surface area contributed by atoms with E-state index in [0.717, 1.165) is 30.6 Å². The molecule has 0 aliphatic heterocycles. The zero-order valence-electron chi connectivity index (χ0n) is 12.4. The highest BCUT2D eigenvalue weighted by Gasteiger charge is 2.11. The number of thiazole rings is 1. The molecule has 4 heteroatoms. The molecule has 0 aliphatic carbocycles. The molecule has 0 bridgehead atoms. The fourth-order valence-electron chi connectivity index (χ4n) is 1.66. The molecule has 0 amide bonds. The second-order valence-corrected chi connectivity index (χ2v) is 6.17. The molecule has 1 aromatic rings. The van der Waals surface area contributed by atoms with Gasteiger partial charge in [0.15, 0.2) is 5.13 Å². The second kappa shape index (κ2) is 7.74. The van der Waals surface area contributed by atoms with Crippen LogP contribution in [0.25, 0.3) is 0 Å². The Bertz CT molecular complexity index is 336. The summed E-state index contributed by atoms with van der Waals surface area (Å²) in [6.07, 6.45) is 2.38. The Morgan fingerprint density at radius 2 is 2.11 bits per heavy atom. The standard InChI is InChI=1S/C14H27N3S/c1-6-8-15-12(4)13-10-18-14(16-13)17(5)9-7-11(2)3/h10-12,15H,6-9H2,1-5H3. The summed E-state index contributed by atoms with van der Waals surface area (Å²) < 4.78 is 0. The lowest BCUT2D eigenvalue weighted by Gasteiger charge is -2.17. The number of rotatable bonds is 8. The van der Waals surface area contributed by atoms with Crippen molar-refractivity contribution in [3.63, 3.8) is 0 Å². The van der Waals surface area contributed by atoms with Crippen LogP contribution in [-0.4, -0.2) is 25.1 Å².